The zero-order valence-corrected chi connectivity index (χ0v) is 11.5. The fraction of sp³-hybridized carbons (Fsp3) is 0.600. The van der Waals surface area contributed by atoms with E-state index in [-0.39, 0.29) is 0 Å². The Morgan fingerprint density at radius 1 is 1.33 bits per heavy atom. The molecule has 18 heavy (non-hydrogen) atoms. The Balaban J connectivity index is 2.14. The normalized spacial score (nSPS) is 17.9. The molecule has 1 unspecified atom stereocenters. The van der Waals surface area contributed by atoms with E-state index in [2.05, 4.69) is 28.4 Å². The minimum absolute atomic E-state index is 0.523. The van der Waals surface area contributed by atoms with Gasteiger partial charge in [-0.05, 0) is 63.6 Å². The van der Waals surface area contributed by atoms with Crippen LogP contribution < -0.4 is 10.1 Å². The Labute approximate surface area is 110 Å². The first-order valence-electron chi connectivity index (χ1n) is 6.87. The van der Waals surface area contributed by atoms with Gasteiger partial charge in [0.05, 0.1) is 7.11 Å². The third kappa shape index (κ3) is 3.24. The molecule has 0 amide bonds. The summed E-state index contributed by atoms with van der Waals surface area (Å²) < 4.78 is 5.34. The van der Waals surface area contributed by atoms with Crippen LogP contribution in [0.1, 0.15) is 30.9 Å². The molecule has 0 radical (unpaired) electrons. The Hall–Kier alpha value is -1.06. The Morgan fingerprint density at radius 3 is 2.78 bits per heavy atom. The van der Waals surface area contributed by atoms with E-state index in [1.54, 1.807) is 7.11 Å². The molecule has 1 saturated heterocycles. The third-order valence-electron chi connectivity index (χ3n) is 3.73. The van der Waals surface area contributed by atoms with Crippen LogP contribution in [-0.2, 0) is 0 Å². The zero-order chi connectivity index (χ0) is 12.8. The lowest BCUT2D eigenvalue weighted by molar-refractivity contribution is 0.232. The summed E-state index contributed by atoms with van der Waals surface area (Å²) in [4.78, 5) is 2.60. The summed E-state index contributed by atoms with van der Waals surface area (Å²) >= 11 is 0. The molecule has 0 spiro atoms. The van der Waals surface area contributed by atoms with Gasteiger partial charge in [0.25, 0.3) is 0 Å². The van der Waals surface area contributed by atoms with Crippen LogP contribution in [0.4, 0.5) is 0 Å². The molecule has 1 atom stereocenters. The molecule has 1 aromatic rings. The number of benzene rings is 1. The molecule has 1 fully saturated rings. The van der Waals surface area contributed by atoms with Crippen LogP contribution in [0.15, 0.2) is 24.3 Å². The molecule has 0 saturated carbocycles. The Bertz CT molecular complexity index is 361. The van der Waals surface area contributed by atoms with E-state index < -0.39 is 0 Å². The maximum atomic E-state index is 5.34. The van der Waals surface area contributed by atoms with Gasteiger partial charge in [-0.3, -0.25) is 4.90 Å². The van der Waals surface area contributed by atoms with Gasteiger partial charge in [0.15, 0.2) is 0 Å². The van der Waals surface area contributed by atoms with Gasteiger partial charge in [-0.2, -0.15) is 0 Å². The Morgan fingerprint density at radius 2 is 2.11 bits per heavy atom. The Kier molecular flexibility index (Phi) is 5.02. The molecule has 3 heteroatoms. The van der Waals surface area contributed by atoms with Crippen molar-refractivity contribution >= 4 is 0 Å². The van der Waals surface area contributed by atoms with E-state index in [9.17, 15) is 0 Å². The fourth-order valence-corrected chi connectivity index (χ4v) is 2.74. The number of hydrogen-bond donors (Lipinski definition) is 1. The molecular formula is C15H24N2O. The number of ether oxygens (including phenoxy) is 1. The highest BCUT2D eigenvalue weighted by Gasteiger charge is 2.23. The minimum Gasteiger partial charge on any atom is -0.497 e. The number of nitrogens with one attached hydrogen (secondary N) is 1. The van der Waals surface area contributed by atoms with Crippen molar-refractivity contribution in [1.29, 1.82) is 0 Å². The average Bonchev–Trinajstić information content (AvgIpc) is 2.93. The summed E-state index contributed by atoms with van der Waals surface area (Å²) in [7, 11) is 3.75. The highest BCUT2D eigenvalue weighted by molar-refractivity contribution is 5.30. The topological polar surface area (TPSA) is 24.5 Å². The molecule has 0 bridgehead atoms. The molecular weight excluding hydrogens is 224 g/mol. The third-order valence-corrected chi connectivity index (χ3v) is 3.73. The van der Waals surface area contributed by atoms with Crippen LogP contribution in [0.2, 0.25) is 0 Å². The van der Waals surface area contributed by atoms with Crippen LogP contribution in [0.5, 0.6) is 5.75 Å². The van der Waals surface area contributed by atoms with E-state index in [0.717, 1.165) is 18.7 Å². The summed E-state index contributed by atoms with van der Waals surface area (Å²) in [5.41, 5.74) is 1.38. The van der Waals surface area contributed by atoms with Crippen LogP contribution in [0.25, 0.3) is 0 Å². The maximum Gasteiger partial charge on any atom is 0.119 e. The van der Waals surface area contributed by atoms with E-state index in [0.29, 0.717) is 6.04 Å². The largest absolute Gasteiger partial charge is 0.497 e. The molecule has 1 N–H and O–H groups in total. The van der Waals surface area contributed by atoms with Gasteiger partial charge in [0, 0.05) is 6.04 Å². The lowest BCUT2D eigenvalue weighted by Gasteiger charge is -2.28. The highest BCUT2D eigenvalue weighted by Crippen LogP contribution is 2.29. The van der Waals surface area contributed by atoms with Gasteiger partial charge in [-0.25, -0.2) is 0 Å². The summed E-state index contributed by atoms with van der Waals surface area (Å²) in [6, 6.07) is 9.04. The first-order valence-corrected chi connectivity index (χ1v) is 6.87. The minimum atomic E-state index is 0.523. The second-order valence-electron chi connectivity index (χ2n) is 4.93. The van der Waals surface area contributed by atoms with E-state index in [1.165, 1.54) is 31.5 Å². The van der Waals surface area contributed by atoms with Gasteiger partial charge in [-0.15, -0.1) is 0 Å². The molecule has 0 aliphatic carbocycles. The number of rotatable bonds is 6. The van der Waals surface area contributed by atoms with E-state index >= 15 is 0 Å². The predicted molar refractivity (Wildman–Crippen MR) is 75.1 cm³/mol. The second-order valence-corrected chi connectivity index (χ2v) is 4.93. The maximum absolute atomic E-state index is 5.34. The molecule has 1 aliphatic heterocycles. The van der Waals surface area contributed by atoms with Crippen LogP contribution in [-0.4, -0.2) is 38.7 Å². The number of nitrogens with zero attached hydrogens (tertiary/aromatic N) is 1. The number of methoxy groups -OCH3 is 1. The first-order chi connectivity index (χ1) is 8.85. The van der Waals surface area contributed by atoms with Crippen molar-refractivity contribution in [2.75, 3.05) is 33.8 Å². The van der Waals surface area contributed by atoms with Crippen molar-refractivity contribution in [3.05, 3.63) is 29.8 Å². The van der Waals surface area contributed by atoms with Crippen molar-refractivity contribution in [1.82, 2.24) is 10.2 Å². The second kappa shape index (κ2) is 6.76. The first kappa shape index (κ1) is 13.4. The quantitative estimate of drug-likeness (QED) is 0.837. The molecule has 100 valence electrons. The molecule has 1 aliphatic rings. The smallest absolute Gasteiger partial charge is 0.119 e. The van der Waals surface area contributed by atoms with Crippen molar-refractivity contribution < 1.29 is 4.74 Å². The van der Waals surface area contributed by atoms with Crippen molar-refractivity contribution in [3.63, 3.8) is 0 Å². The SMILES string of the molecule is CNCCC(c1cccc(OC)c1)N1CCCC1. The lowest BCUT2D eigenvalue weighted by Crippen LogP contribution is -2.28. The van der Waals surface area contributed by atoms with Crippen molar-refractivity contribution in [2.45, 2.75) is 25.3 Å². The summed E-state index contributed by atoms with van der Waals surface area (Å²) in [5, 5.41) is 3.26. The number of likely N-dealkylation sites (tertiary alicyclic amines) is 1. The van der Waals surface area contributed by atoms with Gasteiger partial charge >= 0.3 is 0 Å². The van der Waals surface area contributed by atoms with Gasteiger partial charge in [0.1, 0.15) is 5.75 Å². The molecule has 2 rings (SSSR count). The van der Waals surface area contributed by atoms with Crippen molar-refractivity contribution in [2.24, 2.45) is 0 Å². The summed E-state index contributed by atoms with van der Waals surface area (Å²) in [6.07, 6.45) is 3.82. The predicted octanol–water partition coefficient (Wildman–Crippen LogP) is 2.44. The highest BCUT2D eigenvalue weighted by atomic mass is 16.5. The van der Waals surface area contributed by atoms with E-state index in [4.69, 9.17) is 4.74 Å². The number of hydrogen-bond acceptors (Lipinski definition) is 3. The summed E-state index contributed by atoms with van der Waals surface area (Å²) in [6.45, 7) is 3.51. The van der Waals surface area contributed by atoms with Gasteiger partial charge in [-0.1, -0.05) is 12.1 Å². The molecule has 1 aromatic carbocycles. The van der Waals surface area contributed by atoms with E-state index in [1.807, 2.05) is 13.1 Å². The molecule has 3 nitrogen and oxygen atoms in total. The van der Waals surface area contributed by atoms with Crippen molar-refractivity contribution in [3.8, 4) is 5.75 Å². The average molecular weight is 248 g/mol. The standard InChI is InChI=1S/C15H24N2O/c1-16-9-8-15(17-10-3-4-11-17)13-6-5-7-14(12-13)18-2/h5-7,12,15-16H,3-4,8-11H2,1-2H3. The molecule has 1 heterocycles. The van der Waals surface area contributed by atoms with Crippen LogP contribution in [0.3, 0.4) is 0 Å². The fourth-order valence-electron chi connectivity index (χ4n) is 2.74. The van der Waals surface area contributed by atoms with Crippen LogP contribution in [0, 0.1) is 0 Å². The van der Waals surface area contributed by atoms with Gasteiger partial charge < -0.3 is 10.1 Å². The summed E-state index contributed by atoms with van der Waals surface area (Å²) in [5.74, 6) is 0.959. The van der Waals surface area contributed by atoms with Crippen LogP contribution >= 0.6 is 0 Å². The monoisotopic (exact) mass is 248 g/mol. The zero-order valence-electron chi connectivity index (χ0n) is 11.5. The lowest BCUT2D eigenvalue weighted by atomic mass is 10.0. The van der Waals surface area contributed by atoms with Gasteiger partial charge in [0.2, 0.25) is 0 Å². The molecule has 0 aromatic heterocycles.